The molecule has 0 aliphatic heterocycles. The predicted octanol–water partition coefficient (Wildman–Crippen LogP) is 5.41. The van der Waals surface area contributed by atoms with E-state index in [1.165, 1.54) is 11.1 Å². The smallest absolute Gasteiger partial charge is 0.0347 e. The predicted molar refractivity (Wildman–Crippen MR) is 77.9 cm³/mol. The number of rotatable bonds is 1. The van der Waals surface area contributed by atoms with E-state index in [1.807, 2.05) is 13.8 Å². The third-order valence-corrected chi connectivity index (χ3v) is 3.21. The molecule has 0 radical (unpaired) electrons. The molecule has 0 aliphatic rings. The van der Waals surface area contributed by atoms with Gasteiger partial charge in [0.1, 0.15) is 0 Å². The molecule has 0 saturated heterocycles. The minimum Gasteiger partial charge on any atom is -0.0587 e. The second kappa shape index (κ2) is 4.48. The first kappa shape index (κ1) is 12.7. The molecule has 0 heterocycles. The second-order valence-electron chi connectivity index (χ2n) is 7.26. The summed E-state index contributed by atoms with van der Waals surface area (Å²) in [6.07, 6.45) is 0. The van der Waals surface area contributed by atoms with Crippen LogP contribution in [0.3, 0.4) is 0 Å². The van der Waals surface area contributed by atoms with Crippen molar-refractivity contribution in [2.45, 2.75) is 72.1 Å². The van der Waals surface area contributed by atoms with Crippen molar-refractivity contribution in [2.75, 3.05) is 0 Å². The van der Waals surface area contributed by atoms with Crippen molar-refractivity contribution in [1.82, 2.24) is 0 Å². The molecule has 0 nitrogen and oxygen atoms in total. The molecule has 0 aromatic heterocycles. The van der Waals surface area contributed by atoms with Crippen molar-refractivity contribution in [3.05, 3.63) is 34.9 Å². The minimum atomic E-state index is -0.531. The van der Waals surface area contributed by atoms with Crippen molar-refractivity contribution in [3.8, 4) is 0 Å². The van der Waals surface area contributed by atoms with Crippen molar-refractivity contribution < 1.29 is 1.37 Å². The van der Waals surface area contributed by atoms with E-state index in [0.29, 0.717) is 0 Å². The molecule has 0 fully saturated rings. The van der Waals surface area contributed by atoms with Crippen LogP contribution in [0.5, 0.6) is 0 Å². The molecular weight excluding hydrogens is 204 g/mol. The van der Waals surface area contributed by atoms with Gasteiger partial charge in [0.15, 0.2) is 0 Å². The van der Waals surface area contributed by atoms with Crippen molar-refractivity contribution in [1.29, 1.82) is 0 Å². The summed E-state index contributed by atoms with van der Waals surface area (Å²) >= 11 is 0. The van der Waals surface area contributed by atoms with Crippen LogP contribution in [0.4, 0.5) is 0 Å². The van der Waals surface area contributed by atoms with Gasteiger partial charge in [-0.05, 0) is 33.4 Å². The van der Waals surface area contributed by atoms with Gasteiger partial charge < -0.3 is 0 Å². The zero-order valence-corrected chi connectivity index (χ0v) is 12.7. The van der Waals surface area contributed by atoms with Gasteiger partial charge in [0, 0.05) is 1.37 Å². The van der Waals surface area contributed by atoms with E-state index in [2.05, 4.69) is 59.7 Å². The summed E-state index contributed by atoms with van der Waals surface area (Å²) in [5, 5.41) is 0. The molecule has 0 saturated carbocycles. The summed E-state index contributed by atoms with van der Waals surface area (Å²) in [5.74, 6) is -0.531. The SMILES string of the molecule is [3H]C(C)(C)c1ccc(C(C)(C)C)c(C(C)(C)C)c1. The molecule has 1 aromatic carbocycles. The maximum Gasteiger partial charge on any atom is 0.0347 e. The zero-order chi connectivity index (χ0) is 14.4. The van der Waals surface area contributed by atoms with Gasteiger partial charge >= 0.3 is 0 Å². The molecular formula is C17H28. The molecule has 1 aromatic rings. The Labute approximate surface area is 109 Å². The highest BCUT2D eigenvalue weighted by atomic mass is 14.3. The van der Waals surface area contributed by atoms with Gasteiger partial charge in [0.25, 0.3) is 0 Å². The molecule has 0 unspecified atom stereocenters. The third-order valence-electron chi connectivity index (χ3n) is 3.21. The van der Waals surface area contributed by atoms with Gasteiger partial charge in [-0.15, -0.1) is 0 Å². The van der Waals surface area contributed by atoms with E-state index in [4.69, 9.17) is 1.37 Å². The summed E-state index contributed by atoms with van der Waals surface area (Å²) in [6.45, 7) is 17.4. The van der Waals surface area contributed by atoms with E-state index in [9.17, 15) is 0 Å². The van der Waals surface area contributed by atoms with Crippen LogP contribution in [-0.4, -0.2) is 0 Å². The normalized spacial score (nSPS) is 14.7. The lowest BCUT2D eigenvalue weighted by atomic mass is 9.74. The highest BCUT2D eigenvalue weighted by molar-refractivity contribution is 5.41. The zero-order valence-electron chi connectivity index (χ0n) is 13.7. The van der Waals surface area contributed by atoms with Crippen LogP contribution < -0.4 is 0 Å². The molecule has 0 amide bonds. The molecule has 0 bridgehead atoms. The molecule has 96 valence electrons. The molecule has 0 heteroatoms. The molecule has 0 spiro atoms. The Morgan fingerprint density at radius 1 is 0.882 bits per heavy atom. The molecule has 0 N–H and O–H groups in total. The van der Waals surface area contributed by atoms with Gasteiger partial charge in [-0.3, -0.25) is 0 Å². The summed E-state index contributed by atoms with van der Waals surface area (Å²) in [5.41, 5.74) is 4.12. The van der Waals surface area contributed by atoms with Crippen molar-refractivity contribution >= 4 is 0 Å². The van der Waals surface area contributed by atoms with E-state index in [0.717, 1.165) is 5.56 Å². The van der Waals surface area contributed by atoms with Gasteiger partial charge in [0.2, 0.25) is 0 Å². The summed E-state index contributed by atoms with van der Waals surface area (Å²) in [6, 6.07) is 6.56. The first-order valence-corrected chi connectivity index (χ1v) is 6.49. The lowest BCUT2D eigenvalue weighted by molar-refractivity contribution is 0.529. The Kier molecular flexibility index (Phi) is 3.34. The Morgan fingerprint density at radius 3 is 1.71 bits per heavy atom. The Morgan fingerprint density at radius 2 is 1.35 bits per heavy atom. The number of hydrogen-bond acceptors (Lipinski definition) is 0. The molecule has 17 heavy (non-hydrogen) atoms. The number of hydrogen-bond donors (Lipinski definition) is 0. The maximum atomic E-state index is 8.20. The van der Waals surface area contributed by atoms with E-state index >= 15 is 0 Å². The quantitative estimate of drug-likeness (QED) is 0.610. The summed E-state index contributed by atoms with van der Waals surface area (Å²) in [4.78, 5) is 0. The fraction of sp³-hybridized carbons (Fsp3) is 0.647. The van der Waals surface area contributed by atoms with E-state index in [1.54, 1.807) is 0 Å². The van der Waals surface area contributed by atoms with Crippen LogP contribution >= 0.6 is 0 Å². The number of benzene rings is 1. The van der Waals surface area contributed by atoms with E-state index < -0.39 is 5.89 Å². The Balaban J connectivity index is 3.50. The van der Waals surface area contributed by atoms with Gasteiger partial charge in [0.05, 0.1) is 0 Å². The van der Waals surface area contributed by atoms with Crippen molar-refractivity contribution in [3.63, 3.8) is 0 Å². The first-order valence-electron chi connectivity index (χ1n) is 6.99. The first-order chi connectivity index (χ1) is 7.83. The summed E-state index contributed by atoms with van der Waals surface area (Å²) < 4.78 is 8.20. The van der Waals surface area contributed by atoms with Crippen LogP contribution in [0.15, 0.2) is 18.2 Å². The largest absolute Gasteiger partial charge is 0.0587 e. The summed E-state index contributed by atoms with van der Waals surface area (Å²) in [7, 11) is 0. The molecule has 0 aliphatic carbocycles. The average molecular weight is 234 g/mol. The lowest BCUT2D eigenvalue weighted by Gasteiger charge is -2.31. The molecule has 0 atom stereocenters. The fourth-order valence-electron chi connectivity index (χ4n) is 2.13. The van der Waals surface area contributed by atoms with Crippen LogP contribution in [0.2, 0.25) is 0 Å². The monoisotopic (exact) mass is 234 g/mol. The van der Waals surface area contributed by atoms with Crippen LogP contribution in [0.1, 0.15) is 79.3 Å². The average Bonchev–Trinajstić information content (AvgIpc) is 2.12. The minimum absolute atomic E-state index is 0.115. The molecule has 1 rings (SSSR count). The van der Waals surface area contributed by atoms with Crippen molar-refractivity contribution in [2.24, 2.45) is 0 Å². The van der Waals surface area contributed by atoms with Gasteiger partial charge in [-0.1, -0.05) is 73.6 Å². The topological polar surface area (TPSA) is 0 Å². The van der Waals surface area contributed by atoms with Gasteiger partial charge in [-0.2, -0.15) is 0 Å². The van der Waals surface area contributed by atoms with Gasteiger partial charge in [-0.25, -0.2) is 0 Å². The van der Waals surface area contributed by atoms with Crippen LogP contribution in [-0.2, 0) is 10.8 Å². The highest BCUT2D eigenvalue weighted by Gasteiger charge is 2.25. The maximum absolute atomic E-state index is 8.20. The Bertz CT molecular complexity index is 422. The van der Waals surface area contributed by atoms with Crippen LogP contribution in [0.25, 0.3) is 0 Å². The highest BCUT2D eigenvalue weighted by Crippen LogP contribution is 2.35. The van der Waals surface area contributed by atoms with Crippen LogP contribution in [0, 0.1) is 0 Å². The third kappa shape index (κ3) is 3.34. The second-order valence-corrected chi connectivity index (χ2v) is 7.26. The fourth-order valence-corrected chi connectivity index (χ4v) is 2.13. The van der Waals surface area contributed by atoms with E-state index in [-0.39, 0.29) is 10.8 Å². The Hall–Kier alpha value is -0.780. The lowest BCUT2D eigenvalue weighted by Crippen LogP contribution is -2.22. The standard InChI is InChI=1S/C17H28/c1-12(2)13-9-10-14(16(3,4)5)15(11-13)17(6,7)8/h9-12H,1-8H3/i12T.